The molecule has 2 amide bonds. The minimum atomic E-state index is -0.546. The average Bonchev–Trinajstić information content (AvgIpc) is 3.16. The second-order valence-corrected chi connectivity index (χ2v) is 6.70. The Bertz CT molecular complexity index is 973. The van der Waals surface area contributed by atoms with E-state index in [1.807, 2.05) is 6.92 Å². The number of likely N-dealkylation sites (tertiary alicyclic amines) is 1. The summed E-state index contributed by atoms with van der Waals surface area (Å²) in [5.41, 5.74) is 7.17. The first-order valence-corrected chi connectivity index (χ1v) is 8.41. The molecule has 4 heterocycles. The number of carbonyl (C=O) groups is 2. The lowest BCUT2D eigenvalue weighted by Gasteiger charge is -2.39. The van der Waals surface area contributed by atoms with Gasteiger partial charge >= 0.3 is 0 Å². The van der Waals surface area contributed by atoms with Crippen LogP contribution in [0, 0.1) is 6.92 Å². The topological polar surface area (TPSA) is 130 Å². The van der Waals surface area contributed by atoms with Crippen LogP contribution in [-0.2, 0) is 0 Å². The quantitative estimate of drug-likeness (QED) is 0.632. The van der Waals surface area contributed by atoms with Gasteiger partial charge in [0, 0.05) is 25.5 Å². The third kappa shape index (κ3) is 2.60. The zero-order valence-corrected chi connectivity index (χ0v) is 14.1. The number of hydrogen-bond acceptors (Lipinski definition) is 7. The highest BCUT2D eigenvalue weighted by Gasteiger charge is 2.33. The van der Waals surface area contributed by atoms with Crippen molar-refractivity contribution in [3.8, 4) is 0 Å². The SMILES string of the molecule is Cc1cnsc1C(=O)N1CC(Nc2ncnc3[nH]cc(C(N)=O)c23)C1. The molecule has 128 valence electrons. The Morgan fingerprint density at radius 3 is 2.88 bits per heavy atom. The summed E-state index contributed by atoms with van der Waals surface area (Å²) in [6.45, 7) is 2.98. The number of hydrogen-bond donors (Lipinski definition) is 3. The molecule has 4 N–H and O–H groups in total. The number of H-pyrrole nitrogens is 1. The normalized spacial score (nSPS) is 14.5. The van der Waals surface area contributed by atoms with E-state index in [1.165, 1.54) is 24.1 Å². The van der Waals surface area contributed by atoms with Crippen LogP contribution in [0.3, 0.4) is 0 Å². The van der Waals surface area contributed by atoms with Gasteiger partial charge in [-0.3, -0.25) is 9.59 Å². The predicted octanol–water partition coefficient (Wildman–Crippen LogP) is 0.758. The highest BCUT2D eigenvalue weighted by molar-refractivity contribution is 7.08. The molecule has 1 fully saturated rings. The van der Waals surface area contributed by atoms with Gasteiger partial charge in [-0.05, 0) is 24.0 Å². The standard InChI is InChI=1S/C15H15N7O2S/c1-7-2-20-25-11(7)15(24)22-4-8(5-22)21-14-10-9(12(16)23)3-17-13(10)18-6-19-14/h2-3,6,8H,4-5H2,1H3,(H2,16,23)(H2,17,18,19,21). The fraction of sp³-hybridized carbons (Fsp3) is 0.267. The Morgan fingerprint density at radius 2 is 2.20 bits per heavy atom. The molecule has 1 saturated heterocycles. The van der Waals surface area contributed by atoms with Gasteiger partial charge in [-0.25, -0.2) is 14.3 Å². The van der Waals surface area contributed by atoms with Crippen molar-refractivity contribution >= 4 is 40.2 Å². The summed E-state index contributed by atoms with van der Waals surface area (Å²) in [5, 5.41) is 3.83. The van der Waals surface area contributed by atoms with E-state index in [1.54, 1.807) is 11.1 Å². The molecule has 1 aliphatic heterocycles. The van der Waals surface area contributed by atoms with Gasteiger partial charge < -0.3 is 20.9 Å². The molecule has 3 aromatic heterocycles. The van der Waals surface area contributed by atoms with Crippen molar-refractivity contribution in [1.29, 1.82) is 0 Å². The Hall–Kier alpha value is -3.01. The van der Waals surface area contributed by atoms with E-state index in [2.05, 4.69) is 24.6 Å². The van der Waals surface area contributed by atoms with Crippen LogP contribution in [-0.4, -0.2) is 55.2 Å². The maximum absolute atomic E-state index is 12.4. The summed E-state index contributed by atoms with van der Waals surface area (Å²) < 4.78 is 4.04. The molecule has 0 unspecified atom stereocenters. The van der Waals surface area contributed by atoms with Crippen LogP contribution in [0.15, 0.2) is 18.7 Å². The lowest BCUT2D eigenvalue weighted by atomic mass is 10.1. The minimum absolute atomic E-state index is 0.00893. The van der Waals surface area contributed by atoms with Gasteiger partial charge in [0.2, 0.25) is 0 Å². The maximum Gasteiger partial charge on any atom is 0.265 e. The molecule has 10 heteroatoms. The number of primary amides is 1. The summed E-state index contributed by atoms with van der Waals surface area (Å²) in [4.78, 5) is 37.6. The Kier molecular flexibility index (Phi) is 3.61. The van der Waals surface area contributed by atoms with Crippen molar-refractivity contribution in [2.75, 3.05) is 18.4 Å². The lowest BCUT2D eigenvalue weighted by molar-refractivity contribution is 0.0629. The average molecular weight is 357 g/mol. The number of fused-ring (bicyclic) bond motifs is 1. The van der Waals surface area contributed by atoms with Crippen molar-refractivity contribution in [3.63, 3.8) is 0 Å². The first kappa shape index (κ1) is 15.5. The van der Waals surface area contributed by atoms with Crippen molar-refractivity contribution in [2.24, 2.45) is 5.73 Å². The predicted molar refractivity (Wildman–Crippen MR) is 92.6 cm³/mol. The second-order valence-electron chi connectivity index (χ2n) is 5.90. The summed E-state index contributed by atoms with van der Waals surface area (Å²) in [7, 11) is 0. The number of rotatable bonds is 4. The van der Waals surface area contributed by atoms with E-state index >= 15 is 0 Å². The summed E-state index contributed by atoms with van der Waals surface area (Å²) in [6, 6.07) is 0.0471. The molecule has 3 aromatic rings. The van der Waals surface area contributed by atoms with Crippen LogP contribution in [0.1, 0.15) is 25.6 Å². The second kappa shape index (κ2) is 5.81. The van der Waals surface area contributed by atoms with E-state index in [9.17, 15) is 9.59 Å². The first-order valence-electron chi connectivity index (χ1n) is 7.63. The number of aromatic nitrogens is 4. The van der Waals surface area contributed by atoms with Gasteiger partial charge in [-0.15, -0.1) is 0 Å². The zero-order valence-electron chi connectivity index (χ0n) is 13.3. The smallest absolute Gasteiger partial charge is 0.265 e. The first-order chi connectivity index (χ1) is 12.0. The molecule has 4 rings (SSSR count). The van der Waals surface area contributed by atoms with Crippen LogP contribution in [0.25, 0.3) is 11.0 Å². The minimum Gasteiger partial charge on any atom is -0.366 e. The van der Waals surface area contributed by atoms with Crippen LogP contribution < -0.4 is 11.1 Å². The molecule has 1 aliphatic rings. The molecular weight excluding hydrogens is 342 g/mol. The van der Waals surface area contributed by atoms with E-state index < -0.39 is 5.91 Å². The van der Waals surface area contributed by atoms with Crippen molar-refractivity contribution in [3.05, 3.63) is 34.7 Å². The van der Waals surface area contributed by atoms with Crippen LogP contribution in [0.5, 0.6) is 0 Å². The monoisotopic (exact) mass is 357 g/mol. The van der Waals surface area contributed by atoms with Crippen molar-refractivity contribution < 1.29 is 9.59 Å². The Labute approximate surface area is 146 Å². The molecule has 0 saturated carbocycles. The summed E-state index contributed by atoms with van der Waals surface area (Å²) >= 11 is 1.21. The lowest BCUT2D eigenvalue weighted by Crippen LogP contribution is -2.57. The van der Waals surface area contributed by atoms with Gasteiger partial charge in [0.05, 0.1) is 17.0 Å². The highest BCUT2D eigenvalue weighted by Crippen LogP contribution is 2.26. The Morgan fingerprint density at radius 1 is 1.40 bits per heavy atom. The number of nitrogens with one attached hydrogen (secondary N) is 2. The zero-order chi connectivity index (χ0) is 17.6. The van der Waals surface area contributed by atoms with E-state index in [0.717, 1.165) is 5.56 Å². The molecule has 0 bridgehead atoms. The van der Waals surface area contributed by atoms with Gasteiger partial charge in [-0.1, -0.05) is 0 Å². The summed E-state index contributed by atoms with van der Waals surface area (Å²) in [6.07, 6.45) is 4.63. The Balaban J connectivity index is 1.49. The molecule has 0 spiro atoms. The van der Waals surface area contributed by atoms with E-state index in [4.69, 9.17) is 5.73 Å². The largest absolute Gasteiger partial charge is 0.366 e. The van der Waals surface area contributed by atoms with Crippen LogP contribution in [0.2, 0.25) is 0 Å². The fourth-order valence-corrected chi connectivity index (χ4v) is 3.56. The van der Waals surface area contributed by atoms with Gasteiger partial charge in [0.25, 0.3) is 11.8 Å². The molecular formula is C15H15N7O2S. The molecule has 0 aliphatic carbocycles. The summed E-state index contributed by atoms with van der Waals surface area (Å²) in [5.74, 6) is -0.0216. The van der Waals surface area contributed by atoms with E-state index in [-0.39, 0.29) is 11.9 Å². The molecule has 0 atom stereocenters. The van der Waals surface area contributed by atoms with Gasteiger partial charge in [0.1, 0.15) is 22.7 Å². The van der Waals surface area contributed by atoms with Crippen molar-refractivity contribution in [2.45, 2.75) is 13.0 Å². The molecule has 25 heavy (non-hydrogen) atoms. The van der Waals surface area contributed by atoms with Crippen LogP contribution >= 0.6 is 11.5 Å². The van der Waals surface area contributed by atoms with Gasteiger partial charge in [-0.2, -0.15) is 0 Å². The molecule has 9 nitrogen and oxygen atoms in total. The number of aryl methyl sites for hydroxylation is 1. The third-order valence-electron chi connectivity index (χ3n) is 4.19. The number of amides is 2. The number of nitrogens with two attached hydrogens (primary N) is 1. The number of carbonyl (C=O) groups excluding carboxylic acids is 2. The van der Waals surface area contributed by atoms with Crippen molar-refractivity contribution in [1.82, 2.24) is 24.2 Å². The number of aromatic amines is 1. The van der Waals surface area contributed by atoms with Gasteiger partial charge in [0.15, 0.2) is 0 Å². The molecule has 0 aromatic carbocycles. The highest BCUT2D eigenvalue weighted by atomic mass is 32.1. The number of nitrogens with zero attached hydrogens (tertiary/aromatic N) is 4. The maximum atomic E-state index is 12.4. The third-order valence-corrected chi connectivity index (χ3v) is 5.08. The molecule has 0 radical (unpaired) electrons. The van der Waals surface area contributed by atoms with E-state index in [0.29, 0.717) is 40.4 Å². The van der Waals surface area contributed by atoms with Crippen LogP contribution in [0.4, 0.5) is 5.82 Å². The fourth-order valence-electron chi connectivity index (χ4n) is 2.84. The number of anilines is 1.